The van der Waals surface area contributed by atoms with Crippen LogP contribution in [0.2, 0.25) is 0 Å². The summed E-state index contributed by atoms with van der Waals surface area (Å²) in [6, 6.07) is 6.05. The van der Waals surface area contributed by atoms with Crippen molar-refractivity contribution in [2.24, 2.45) is 5.92 Å². The fraction of sp³-hybridized carbons (Fsp3) is 0.529. The molecule has 23 heavy (non-hydrogen) atoms. The zero-order valence-electron chi connectivity index (χ0n) is 13.8. The number of hydrogen-bond acceptors (Lipinski definition) is 4. The lowest BCUT2D eigenvalue weighted by Crippen LogP contribution is -2.33. The van der Waals surface area contributed by atoms with Crippen LogP contribution in [0.15, 0.2) is 18.2 Å². The van der Waals surface area contributed by atoms with Crippen LogP contribution in [0.1, 0.15) is 17.8 Å². The Balaban J connectivity index is 1.53. The fourth-order valence-electron chi connectivity index (χ4n) is 3.10. The van der Waals surface area contributed by atoms with Gasteiger partial charge in [-0.05, 0) is 31.5 Å². The standard InChI is InChI=1S/C17H24N4O2/c1-12-4-3-5-14-16(12)20-15(19-14)10-18-17(22)13-6-7-21(11-13)8-9-23-2/h3-5,13H,6-11H2,1-2H3,(H,18,22)(H,19,20)/t13-/m0/s1. The molecule has 1 aromatic carbocycles. The number of H-pyrrole nitrogens is 1. The van der Waals surface area contributed by atoms with Crippen LogP contribution in [0, 0.1) is 12.8 Å². The minimum absolute atomic E-state index is 0.0676. The lowest BCUT2D eigenvalue weighted by molar-refractivity contribution is -0.124. The number of para-hydroxylation sites is 1. The number of nitrogens with zero attached hydrogens (tertiary/aromatic N) is 2. The molecular formula is C17H24N4O2. The van der Waals surface area contributed by atoms with Crippen molar-refractivity contribution in [1.29, 1.82) is 0 Å². The van der Waals surface area contributed by atoms with Gasteiger partial charge in [-0.15, -0.1) is 0 Å². The van der Waals surface area contributed by atoms with Crippen molar-refractivity contribution in [2.75, 3.05) is 33.4 Å². The van der Waals surface area contributed by atoms with Gasteiger partial charge in [-0.2, -0.15) is 0 Å². The van der Waals surface area contributed by atoms with Gasteiger partial charge in [-0.3, -0.25) is 4.79 Å². The molecule has 1 aliphatic heterocycles. The van der Waals surface area contributed by atoms with E-state index in [1.54, 1.807) is 7.11 Å². The number of ether oxygens (including phenoxy) is 1. The van der Waals surface area contributed by atoms with Gasteiger partial charge in [-0.1, -0.05) is 12.1 Å². The first-order chi connectivity index (χ1) is 11.2. The monoisotopic (exact) mass is 316 g/mol. The number of aryl methyl sites for hydroxylation is 1. The molecule has 1 aromatic heterocycles. The van der Waals surface area contributed by atoms with E-state index < -0.39 is 0 Å². The summed E-state index contributed by atoms with van der Waals surface area (Å²) in [4.78, 5) is 22.4. The van der Waals surface area contributed by atoms with Crippen LogP contribution in [0.5, 0.6) is 0 Å². The molecule has 6 heteroatoms. The third-order valence-electron chi connectivity index (χ3n) is 4.45. The minimum atomic E-state index is 0.0676. The predicted molar refractivity (Wildman–Crippen MR) is 89.1 cm³/mol. The van der Waals surface area contributed by atoms with E-state index in [1.165, 1.54) is 0 Å². The number of carbonyl (C=O) groups is 1. The summed E-state index contributed by atoms with van der Waals surface area (Å²) < 4.78 is 5.09. The van der Waals surface area contributed by atoms with Gasteiger partial charge >= 0.3 is 0 Å². The SMILES string of the molecule is COCCN1CC[C@H](C(=O)NCc2nc3c(C)cccc3[nH]2)C1. The second-order valence-corrected chi connectivity index (χ2v) is 6.15. The van der Waals surface area contributed by atoms with Crippen LogP contribution in [-0.2, 0) is 16.1 Å². The normalized spacial score (nSPS) is 18.6. The summed E-state index contributed by atoms with van der Waals surface area (Å²) in [7, 11) is 1.70. The number of hydrogen-bond donors (Lipinski definition) is 2. The Morgan fingerprint density at radius 3 is 3.17 bits per heavy atom. The molecule has 0 radical (unpaired) electrons. The highest BCUT2D eigenvalue weighted by Gasteiger charge is 2.27. The van der Waals surface area contributed by atoms with Gasteiger partial charge < -0.3 is 19.9 Å². The van der Waals surface area contributed by atoms with Gasteiger partial charge in [0.15, 0.2) is 0 Å². The van der Waals surface area contributed by atoms with Crippen LogP contribution in [-0.4, -0.2) is 54.1 Å². The quantitative estimate of drug-likeness (QED) is 0.846. The molecule has 124 valence electrons. The Hall–Kier alpha value is -1.92. The summed E-state index contributed by atoms with van der Waals surface area (Å²) in [5.74, 6) is 0.983. The van der Waals surface area contributed by atoms with Crippen LogP contribution in [0.4, 0.5) is 0 Å². The predicted octanol–water partition coefficient (Wildman–Crippen LogP) is 1.46. The van der Waals surface area contributed by atoms with Gasteiger partial charge in [0.1, 0.15) is 5.82 Å². The molecule has 1 saturated heterocycles. The number of carbonyl (C=O) groups excluding carboxylic acids is 1. The first kappa shape index (κ1) is 16.0. The van der Waals surface area contributed by atoms with Gasteiger partial charge in [-0.25, -0.2) is 4.98 Å². The van der Waals surface area contributed by atoms with Crippen molar-refractivity contribution in [3.63, 3.8) is 0 Å². The Morgan fingerprint density at radius 2 is 2.39 bits per heavy atom. The molecule has 3 rings (SSSR count). The fourth-order valence-corrected chi connectivity index (χ4v) is 3.10. The molecule has 0 saturated carbocycles. The molecule has 2 N–H and O–H groups in total. The third kappa shape index (κ3) is 3.71. The summed E-state index contributed by atoms with van der Waals surface area (Å²) in [6.07, 6.45) is 0.911. The topological polar surface area (TPSA) is 70.2 Å². The minimum Gasteiger partial charge on any atom is -0.383 e. The number of amides is 1. The van der Waals surface area contributed by atoms with Crippen LogP contribution >= 0.6 is 0 Å². The maximum absolute atomic E-state index is 12.3. The van der Waals surface area contributed by atoms with Crippen molar-refractivity contribution < 1.29 is 9.53 Å². The van der Waals surface area contributed by atoms with Crippen molar-refractivity contribution in [2.45, 2.75) is 19.9 Å². The van der Waals surface area contributed by atoms with Crippen molar-refractivity contribution in [1.82, 2.24) is 20.2 Å². The summed E-state index contributed by atoms with van der Waals surface area (Å²) in [6.45, 7) is 5.87. The average Bonchev–Trinajstić information content (AvgIpc) is 3.18. The molecule has 1 amide bonds. The van der Waals surface area contributed by atoms with E-state index in [9.17, 15) is 4.79 Å². The van der Waals surface area contributed by atoms with Crippen LogP contribution in [0.25, 0.3) is 11.0 Å². The van der Waals surface area contributed by atoms with E-state index in [1.807, 2.05) is 25.1 Å². The second kappa shape index (κ2) is 7.10. The zero-order valence-corrected chi connectivity index (χ0v) is 13.8. The molecule has 1 aliphatic rings. The van der Waals surface area contributed by atoms with Crippen LogP contribution < -0.4 is 5.32 Å². The lowest BCUT2D eigenvalue weighted by atomic mass is 10.1. The van der Waals surface area contributed by atoms with Crippen molar-refractivity contribution >= 4 is 16.9 Å². The molecular weight excluding hydrogens is 292 g/mol. The van der Waals surface area contributed by atoms with Gasteiger partial charge in [0.2, 0.25) is 5.91 Å². The average molecular weight is 316 g/mol. The highest BCUT2D eigenvalue weighted by molar-refractivity contribution is 5.80. The molecule has 0 unspecified atom stereocenters. The summed E-state index contributed by atoms with van der Waals surface area (Å²) in [5, 5.41) is 3.01. The number of methoxy groups -OCH3 is 1. The molecule has 1 atom stereocenters. The third-order valence-corrected chi connectivity index (χ3v) is 4.45. The molecule has 1 fully saturated rings. The smallest absolute Gasteiger partial charge is 0.224 e. The van der Waals surface area contributed by atoms with E-state index >= 15 is 0 Å². The molecule has 0 aliphatic carbocycles. The molecule has 2 heterocycles. The number of fused-ring (bicyclic) bond motifs is 1. The molecule has 0 bridgehead atoms. The van der Waals surface area contributed by atoms with Crippen LogP contribution in [0.3, 0.4) is 0 Å². The zero-order chi connectivity index (χ0) is 16.2. The van der Waals surface area contributed by atoms with E-state index in [0.29, 0.717) is 13.2 Å². The van der Waals surface area contributed by atoms with Gasteiger partial charge in [0, 0.05) is 20.2 Å². The number of aromatic amines is 1. The van der Waals surface area contributed by atoms with E-state index in [4.69, 9.17) is 4.74 Å². The maximum Gasteiger partial charge on any atom is 0.224 e. The maximum atomic E-state index is 12.3. The highest BCUT2D eigenvalue weighted by Crippen LogP contribution is 2.17. The molecule has 2 aromatic rings. The first-order valence-electron chi connectivity index (χ1n) is 8.10. The Labute approximate surface area is 136 Å². The Kier molecular flexibility index (Phi) is 4.93. The number of nitrogens with one attached hydrogen (secondary N) is 2. The first-order valence-corrected chi connectivity index (χ1v) is 8.10. The van der Waals surface area contributed by atoms with E-state index in [2.05, 4.69) is 20.2 Å². The molecule has 6 nitrogen and oxygen atoms in total. The van der Waals surface area contributed by atoms with E-state index in [-0.39, 0.29) is 11.8 Å². The number of rotatable bonds is 6. The van der Waals surface area contributed by atoms with Gasteiger partial charge in [0.25, 0.3) is 0 Å². The second-order valence-electron chi connectivity index (χ2n) is 6.15. The number of likely N-dealkylation sites (tertiary alicyclic amines) is 1. The van der Waals surface area contributed by atoms with Gasteiger partial charge in [0.05, 0.1) is 30.1 Å². The number of aromatic nitrogens is 2. The Bertz CT molecular complexity index is 682. The van der Waals surface area contributed by atoms with Crippen molar-refractivity contribution in [3.05, 3.63) is 29.6 Å². The van der Waals surface area contributed by atoms with Crippen molar-refractivity contribution in [3.8, 4) is 0 Å². The van der Waals surface area contributed by atoms with E-state index in [0.717, 1.165) is 48.5 Å². The lowest BCUT2D eigenvalue weighted by Gasteiger charge is -2.14. The number of imidazole rings is 1. The molecule has 0 spiro atoms. The largest absolute Gasteiger partial charge is 0.383 e. The summed E-state index contributed by atoms with van der Waals surface area (Å²) in [5.41, 5.74) is 3.13. The Morgan fingerprint density at radius 1 is 1.52 bits per heavy atom. The summed E-state index contributed by atoms with van der Waals surface area (Å²) >= 11 is 0. The number of benzene rings is 1. The highest BCUT2D eigenvalue weighted by atomic mass is 16.5.